The van der Waals surface area contributed by atoms with E-state index in [1.165, 1.54) is 0 Å². The molecule has 0 aliphatic carbocycles. The monoisotopic (exact) mass is 305 g/mol. The Hall–Kier alpha value is -1.66. The standard InChI is InChI=1S/C16H23N3O3/c1-2-5-18-15(20)13-10-14(12-17-11-13)19-6-3-16(4-7-19)21-8-9-22-16/h10-12H,2-9H2,1H3,(H,18,20). The van der Waals surface area contributed by atoms with Crippen LogP contribution in [0.2, 0.25) is 0 Å². The van der Waals surface area contributed by atoms with E-state index in [9.17, 15) is 4.79 Å². The molecular formula is C16H23N3O3. The van der Waals surface area contributed by atoms with Crippen LogP contribution in [0.25, 0.3) is 0 Å². The van der Waals surface area contributed by atoms with Crippen molar-refractivity contribution in [1.29, 1.82) is 0 Å². The molecule has 0 aromatic carbocycles. The first-order valence-corrected chi connectivity index (χ1v) is 7.98. The summed E-state index contributed by atoms with van der Waals surface area (Å²) in [6.07, 6.45) is 6.04. The quantitative estimate of drug-likeness (QED) is 0.914. The fourth-order valence-corrected chi connectivity index (χ4v) is 2.96. The minimum atomic E-state index is -0.375. The Kier molecular flexibility index (Phi) is 4.59. The van der Waals surface area contributed by atoms with Gasteiger partial charge in [0.15, 0.2) is 5.79 Å². The highest BCUT2D eigenvalue weighted by Gasteiger charge is 2.39. The summed E-state index contributed by atoms with van der Waals surface area (Å²) in [6, 6.07) is 1.91. The Labute approximate surface area is 130 Å². The lowest BCUT2D eigenvalue weighted by atomic mass is 10.0. The first kappa shape index (κ1) is 15.2. The second-order valence-electron chi connectivity index (χ2n) is 5.78. The molecule has 1 aromatic rings. The number of carbonyl (C=O) groups is 1. The minimum absolute atomic E-state index is 0.0628. The third-order valence-corrected chi connectivity index (χ3v) is 4.23. The topological polar surface area (TPSA) is 63.7 Å². The first-order chi connectivity index (χ1) is 10.7. The molecule has 1 spiro atoms. The Morgan fingerprint density at radius 1 is 1.32 bits per heavy atom. The maximum Gasteiger partial charge on any atom is 0.252 e. The average Bonchev–Trinajstić information content (AvgIpc) is 3.01. The van der Waals surface area contributed by atoms with Crippen LogP contribution in [0.1, 0.15) is 36.5 Å². The van der Waals surface area contributed by atoms with Crippen molar-refractivity contribution < 1.29 is 14.3 Å². The van der Waals surface area contributed by atoms with Gasteiger partial charge in [0.1, 0.15) is 0 Å². The number of carbonyl (C=O) groups excluding carboxylic acids is 1. The third kappa shape index (κ3) is 3.23. The summed E-state index contributed by atoms with van der Waals surface area (Å²) in [4.78, 5) is 18.5. The number of pyridine rings is 1. The fourth-order valence-electron chi connectivity index (χ4n) is 2.96. The molecule has 0 saturated carbocycles. The third-order valence-electron chi connectivity index (χ3n) is 4.23. The van der Waals surface area contributed by atoms with E-state index in [0.717, 1.165) is 38.0 Å². The summed E-state index contributed by atoms with van der Waals surface area (Å²) in [5, 5.41) is 2.88. The molecule has 1 aromatic heterocycles. The number of rotatable bonds is 4. The van der Waals surface area contributed by atoms with Crippen LogP contribution in [0.4, 0.5) is 5.69 Å². The van der Waals surface area contributed by atoms with E-state index < -0.39 is 0 Å². The predicted octanol–water partition coefficient (Wildman–Crippen LogP) is 1.56. The van der Waals surface area contributed by atoms with E-state index in [2.05, 4.69) is 15.2 Å². The van der Waals surface area contributed by atoms with Crippen molar-refractivity contribution in [2.75, 3.05) is 37.7 Å². The lowest BCUT2D eigenvalue weighted by molar-refractivity contribution is -0.169. The number of hydrogen-bond donors (Lipinski definition) is 1. The zero-order valence-corrected chi connectivity index (χ0v) is 13.0. The van der Waals surface area contributed by atoms with Crippen LogP contribution in [0.3, 0.4) is 0 Å². The van der Waals surface area contributed by atoms with Crippen LogP contribution in [0.5, 0.6) is 0 Å². The Morgan fingerprint density at radius 3 is 2.73 bits per heavy atom. The number of nitrogens with one attached hydrogen (secondary N) is 1. The second-order valence-corrected chi connectivity index (χ2v) is 5.78. The van der Waals surface area contributed by atoms with Gasteiger partial charge in [-0.1, -0.05) is 6.92 Å². The zero-order valence-electron chi connectivity index (χ0n) is 13.0. The molecule has 2 fully saturated rings. The molecule has 2 saturated heterocycles. The number of piperidine rings is 1. The van der Waals surface area contributed by atoms with Crippen LogP contribution in [0.15, 0.2) is 18.5 Å². The van der Waals surface area contributed by atoms with Crippen LogP contribution in [-0.4, -0.2) is 49.5 Å². The van der Waals surface area contributed by atoms with Crippen molar-refractivity contribution in [1.82, 2.24) is 10.3 Å². The van der Waals surface area contributed by atoms with E-state index in [1.54, 1.807) is 6.20 Å². The largest absolute Gasteiger partial charge is 0.370 e. The van der Waals surface area contributed by atoms with Gasteiger partial charge in [0.25, 0.3) is 5.91 Å². The maximum absolute atomic E-state index is 12.0. The molecule has 0 atom stereocenters. The number of anilines is 1. The van der Waals surface area contributed by atoms with Gasteiger partial charge < -0.3 is 19.7 Å². The van der Waals surface area contributed by atoms with Gasteiger partial charge in [-0.25, -0.2) is 0 Å². The SMILES string of the molecule is CCCNC(=O)c1cncc(N2CCC3(CC2)OCCO3)c1. The second kappa shape index (κ2) is 6.62. The lowest BCUT2D eigenvalue weighted by Gasteiger charge is -2.38. The van der Waals surface area contributed by atoms with Gasteiger partial charge in [-0.15, -0.1) is 0 Å². The predicted molar refractivity (Wildman–Crippen MR) is 82.9 cm³/mol. The van der Waals surface area contributed by atoms with Gasteiger partial charge in [-0.3, -0.25) is 9.78 Å². The number of aromatic nitrogens is 1. The maximum atomic E-state index is 12.0. The van der Waals surface area contributed by atoms with Crippen LogP contribution in [0, 0.1) is 0 Å². The number of hydrogen-bond acceptors (Lipinski definition) is 5. The van der Waals surface area contributed by atoms with E-state index in [4.69, 9.17) is 9.47 Å². The van der Waals surface area contributed by atoms with E-state index in [-0.39, 0.29) is 11.7 Å². The minimum Gasteiger partial charge on any atom is -0.370 e. The molecule has 6 nitrogen and oxygen atoms in total. The summed E-state index contributed by atoms with van der Waals surface area (Å²) in [5.74, 6) is -0.438. The summed E-state index contributed by atoms with van der Waals surface area (Å²) >= 11 is 0. The van der Waals surface area contributed by atoms with E-state index >= 15 is 0 Å². The molecule has 0 unspecified atom stereocenters. The number of ether oxygens (including phenoxy) is 2. The highest BCUT2D eigenvalue weighted by molar-refractivity contribution is 5.94. The highest BCUT2D eigenvalue weighted by Crippen LogP contribution is 2.33. The van der Waals surface area contributed by atoms with Gasteiger partial charge >= 0.3 is 0 Å². The number of nitrogens with zero attached hydrogens (tertiary/aromatic N) is 2. The van der Waals surface area contributed by atoms with Crippen molar-refractivity contribution in [3.8, 4) is 0 Å². The van der Waals surface area contributed by atoms with Crippen LogP contribution < -0.4 is 10.2 Å². The van der Waals surface area contributed by atoms with E-state index in [1.807, 2.05) is 19.2 Å². The van der Waals surface area contributed by atoms with Gasteiger partial charge in [0, 0.05) is 38.7 Å². The normalized spacial score (nSPS) is 20.3. The summed E-state index contributed by atoms with van der Waals surface area (Å²) < 4.78 is 11.5. The molecule has 2 aliphatic rings. The number of amides is 1. The van der Waals surface area contributed by atoms with Crippen molar-refractivity contribution in [2.45, 2.75) is 32.0 Å². The van der Waals surface area contributed by atoms with Crippen LogP contribution in [-0.2, 0) is 9.47 Å². The lowest BCUT2D eigenvalue weighted by Crippen LogP contribution is -2.45. The van der Waals surface area contributed by atoms with E-state index in [0.29, 0.717) is 25.3 Å². The van der Waals surface area contributed by atoms with Gasteiger partial charge in [0.2, 0.25) is 0 Å². The molecule has 1 amide bonds. The van der Waals surface area contributed by atoms with Gasteiger partial charge in [-0.2, -0.15) is 0 Å². The molecule has 3 rings (SSSR count). The van der Waals surface area contributed by atoms with Crippen molar-refractivity contribution >= 4 is 11.6 Å². The smallest absolute Gasteiger partial charge is 0.252 e. The fraction of sp³-hybridized carbons (Fsp3) is 0.625. The molecule has 2 aliphatic heterocycles. The van der Waals surface area contributed by atoms with Crippen molar-refractivity contribution in [3.63, 3.8) is 0 Å². The van der Waals surface area contributed by atoms with Gasteiger partial charge in [-0.05, 0) is 12.5 Å². The Morgan fingerprint density at radius 2 is 2.05 bits per heavy atom. The summed E-state index contributed by atoms with van der Waals surface area (Å²) in [5.41, 5.74) is 1.59. The molecule has 0 radical (unpaired) electrons. The summed E-state index contributed by atoms with van der Waals surface area (Å²) in [7, 11) is 0. The molecule has 1 N–H and O–H groups in total. The molecule has 3 heterocycles. The zero-order chi connectivity index (χ0) is 15.4. The average molecular weight is 305 g/mol. The Balaban J connectivity index is 1.64. The van der Waals surface area contributed by atoms with Gasteiger partial charge in [0.05, 0.1) is 30.7 Å². The first-order valence-electron chi connectivity index (χ1n) is 7.98. The highest BCUT2D eigenvalue weighted by atomic mass is 16.7. The Bertz CT molecular complexity index is 519. The molecular weight excluding hydrogens is 282 g/mol. The molecule has 120 valence electrons. The molecule has 0 bridgehead atoms. The van der Waals surface area contributed by atoms with Crippen LogP contribution >= 0.6 is 0 Å². The molecule has 22 heavy (non-hydrogen) atoms. The van der Waals surface area contributed by atoms with Crippen molar-refractivity contribution in [3.05, 3.63) is 24.0 Å². The van der Waals surface area contributed by atoms with Crippen molar-refractivity contribution in [2.24, 2.45) is 0 Å². The summed E-state index contributed by atoms with van der Waals surface area (Å²) in [6.45, 7) is 5.79. The molecule has 6 heteroatoms.